The Kier molecular flexibility index (Phi) is 5.30. The second kappa shape index (κ2) is 8.02. The molecular weight excluding hydrogens is 372 g/mol. The van der Waals surface area contributed by atoms with Crippen molar-refractivity contribution >= 4 is 23.0 Å². The number of hydrogen-bond donors (Lipinski definition) is 1. The Balaban J connectivity index is 1.39. The van der Waals surface area contributed by atoms with E-state index >= 15 is 0 Å². The minimum absolute atomic E-state index is 0.0251. The Morgan fingerprint density at radius 2 is 1.79 bits per heavy atom. The first-order chi connectivity index (χ1) is 13.6. The van der Waals surface area contributed by atoms with Gasteiger partial charge in [-0.3, -0.25) is 9.59 Å². The number of rotatable bonds is 5. The maximum Gasteiger partial charge on any atom is 0.270 e. The first kappa shape index (κ1) is 18.5. The number of likely N-dealkylation sites (tertiary alicyclic amines) is 1. The highest BCUT2D eigenvalue weighted by Crippen LogP contribution is 2.24. The van der Waals surface area contributed by atoms with Gasteiger partial charge in [-0.25, -0.2) is 0 Å². The van der Waals surface area contributed by atoms with Crippen molar-refractivity contribution in [2.75, 3.05) is 13.1 Å². The number of ketones is 1. The predicted molar refractivity (Wildman–Crippen MR) is 109 cm³/mol. The number of carbonyl (C=O) groups is 2. The molecule has 1 amide bonds. The van der Waals surface area contributed by atoms with E-state index in [2.05, 4.69) is 6.07 Å². The van der Waals surface area contributed by atoms with E-state index in [1.165, 1.54) is 17.0 Å². The zero-order chi connectivity index (χ0) is 19.5. The fraction of sp³-hybridized carbons (Fsp3) is 0.273. The molecule has 0 bridgehead atoms. The number of aromatic hydroxyl groups is 1. The molecule has 0 atom stereocenters. The van der Waals surface area contributed by atoms with Gasteiger partial charge >= 0.3 is 0 Å². The first-order valence-electron chi connectivity index (χ1n) is 9.42. The van der Waals surface area contributed by atoms with Crippen LogP contribution >= 0.6 is 11.3 Å². The Morgan fingerprint density at radius 1 is 1.04 bits per heavy atom. The maximum absolute atomic E-state index is 13.0. The predicted octanol–water partition coefficient (Wildman–Crippen LogP) is 4.04. The van der Waals surface area contributed by atoms with Gasteiger partial charge in [-0.2, -0.15) is 0 Å². The lowest BCUT2D eigenvalue weighted by Gasteiger charge is -2.31. The molecule has 2 aromatic heterocycles. The summed E-state index contributed by atoms with van der Waals surface area (Å²) in [6.07, 6.45) is 3.27. The van der Waals surface area contributed by atoms with E-state index in [4.69, 9.17) is 0 Å². The molecule has 1 aliphatic heterocycles. The Morgan fingerprint density at radius 3 is 2.46 bits per heavy atom. The molecular formula is C22H22N2O3S. The van der Waals surface area contributed by atoms with Gasteiger partial charge in [0.05, 0.1) is 6.54 Å². The molecule has 3 aromatic rings. The van der Waals surface area contributed by atoms with E-state index in [0.717, 1.165) is 0 Å². The standard InChI is InChI=1S/C22H22N2O3S/c25-18-7-5-16(6-8-18)21(26)17-9-12-23(13-10-17)22(27)20-4-1-11-24(20)15-19-3-2-14-28-19/h1-8,11,14,17,25H,9-10,12-13,15H2. The number of benzene rings is 1. The van der Waals surface area contributed by atoms with Crippen LogP contribution in [0.1, 0.15) is 38.6 Å². The number of Topliss-reactive ketones (excluding diaryl/α,β-unsaturated/α-hetero) is 1. The van der Waals surface area contributed by atoms with E-state index in [0.29, 0.717) is 43.7 Å². The third-order valence-electron chi connectivity index (χ3n) is 5.26. The minimum Gasteiger partial charge on any atom is -0.508 e. The molecule has 144 valence electrons. The average Bonchev–Trinajstić information content (AvgIpc) is 3.40. The smallest absolute Gasteiger partial charge is 0.270 e. The molecule has 0 spiro atoms. The summed E-state index contributed by atoms with van der Waals surface area (Å²) in [4.78, 5) is 28.7. The second-order valence-corrected chi connectivity index (χ2v) is 8.11. The number of amides is 1. The third-order valence-corrected chi connectivity index (χ3v) is 6.12. The van der Waals surface area contributed by atoms with Crippen LogP contribution in [-0.4, -0.2) is 39.4 Å². The van der Waals surface area contributed by atoms with Crippen LogP contribution in [-0.2, 0) is 6.54 Å². The van der Waals surface area contributed by atoms with Gasteiger partial charge in [0.15, 0.2) is 5.78 Å². The number of hydrogen-bond acceptors (Lipinski definition) is 4. The Hall–Kier alpha value is -2.86. The molecule has 28 heavy (non-hydrogen) atoms. The summed E-state index contributed by atoms with van der Waals surface area (Å²) in [6, 6.07) is 14.2. The van der Waals surface area contributed by atoms with E-state index in [9.17, 15) is 14.7 Å². The molecule has 0 radical (unpaired) electrons. The molecule has 4 rings (SSSR count). The number of thiophene rings is 1. The molecule has 0 unspecified atom stereocenters. The zero-order valence-corrected chi connectivity index (χ0v) is 16.3. The quantitative estimate of drug-likeness (QED) is 0.665. The molecule has 0 saturated carbocycles. The van der Waals surface area contributed by atoms with E-state index < -0.39 is 0 Å². The van der Waals surface area contributed by atoms with Crippen molar-refractivity contribution in [1.82, 2.24) is 9.47 Å². The van der Waals surface area contributed by atoms with Crippen molar-refractivity contribution in [3.8, 4) is 5.75 Å². The summed E-state index contributed by atoms with van der Waals surface area (Å²) < 4.78 is 1.99. The van der Waals surface area contributed by atoms with Crippen molar-refractivity contribution in [2.24, 2.45) is 5.92 Å². The van der Waals surface area contributed by atoms with Crippen LogP contribution < -0.4 is 0 Å². The highest BCUT2D eigenvalue weighted by Gasteiger charge is 2.29. The van der Waals surface area contributed by atoms with Gasteiger partial charge in [-0.15, -0.1) is 11.3 Å². The molecule has 1 aliphatic rings. The van der Waals surface area contributed by atoms with E-state index in [1.54, 1.807) is 23.5 Å². The third kappa shape index (κ3) is 3.87. The summed E-state index contributed by atoms with van der Waals surface area (Å²) in [7, 11) is 0. The summed E-state index contributed by atoms with van der Waals surface area (Å²) in [6.45, 7) is 1.86. The lowest BCUT2D eigenvalue weighted by atomic mass is 9.89. The van der Waals surface area contributed by atoms with Crippen LogP contribution in [0.25, 0.3) is 0 Å². The van der Waals surface area contributed by atoms with Crippen LogP contribution in [0.3, 0.4) is 0 Å². The van der Waals surface area contributed by atoms with Crippen LogP contribution in [0, 0.1) is 5.92 Å². The number of nitrogens with zero attached hydrogens (tertiary/aromatic N) is 2. The highest BCUT2D eigenvalue weighted by molar-refractivity contribution is 7.09. The topological polar surface area (TPSA) is 62.5 Å². The van der Waals surface area contributed by atoms with Crippen molar-refractivity contribution in [2.45, 2.75) is 19.4 Å². The van der Waals surface area contributed by atoms with Crippen molar-refractivity contribution in [3.63, 3.8) is 0 Å². The minimum atomic E-state index is -0.0773. The summed E-state index contributed by atoms with van der Waals surface area (Å²) in [5, 5.41) is 11.4. The van der Waals surface area contributed by atoms with Gasteiger partial charge in [0.1, 0.15) is 11.4 Å². The van der Waals surface area contributed by atoms with E-state index in [-0.39, 0.29) is 23.4 Å². The van der Waals surface area contributed by atoms with Gasteiger partial charge in [-0.1, -0.05) is 6.07 Å². The summed E-state index contributed by atoms with van der Waals surface area (Å²) in [5.41, 5.74) is 1.31. The molecule has 1 aromatic carbocycles. The van der Waals surface area contributed by atoms with E-state index in [1.807, 2.05) is 39.2 Å². The van der Waals surface area contributed by atoms with Crippen LogP contribution in [0.5, 0.6) is 5.75 Å². The summed E-state index contributed by atoms with van der Waals surface area (Å²) >= 11 is 1.68. The number of carbonyl (C=O) groups excluding carboxylic acids is 2. The molecule has 3 heterocycles. The second-order valence-electron chi connectivity index (χ2n) is 7.08. The average molecular weight is 394 g/mol. The first-order valence-corrected chi connectivity index (χ1v) is 10.3. The number of piperidine rings is 1. The monoisotopic (exact) mass is 394 g/mol. The normalized spacial score (nSPS) is 14.9. The lowest BCUT2D eigenvalue weighted by molar-refractivity contribution is 0.0642. The van der Waals surface area contributed by atoms with Crippen molar-refractivity contribution in [1.29, 1.82) is 0 Å². The van der Waals surface area contributed by atoms with Gasteiger partial charge < -0.3 is 14.6 Å². The molecule has 6 heteroatoms. The van der Waals surface area contributed by atoms with Crippen LogP contribution in [0.4, 0.5) is 0 Å². The Labute approximate surface area is 167 Å². The van der Waals surface area contributed by atoms with Gasteiger partial charge in [0.25, 0.3) is 5.91 Å². The molecule has 1 fully saturated rings. The molecule has 0 aliphatic carbocycles. The largest absolute Gasteiger partial charge is 0.508 e. The zero-order valence-electron chi connectivity index (χ0n) is 15.5. The number of aromatic nitrogens is 1. The maximum atomic E-state index is 13.0. The van der Waals surface area contributed by atoms with Gasteiger partial charge in [0, 0.05) is 35.6 Å². The molecule has 1 N–H and O–H groups in total. The highest BCUT2D eigenvalue weighted by atomic mass is 32.1. The van der Waals surface area contributed by atoms with Crippen molar-refractivity contribution < 1.29 is 14.7 Å². The molecule has 5 nitrogen and oxygen atoms in total. The van der Waals surface area contributed by atoms with Crippen LogP contribution in [0.2, 0.25) is 0 Å². The number of phenols is 1. The van der Waals surface area contributed by atoms with Crippen molar-refractivity contribution in [3.05, 3.63) is 76.2 Å². The molecule has 1 saturated heterocycles. The SMILES string of the molecule is O=C(c1ccc(O)cc1)C1CCN(C(=O)c2cccn2Cc2cccs2)CC1. The lowest BCUT2D eigenvalue weighted by Crippen LogP contribution is -2.41. The fourth-order valence-electron chi connectivity index (χ4n) is 3.68. The van der Waals surface area contributed by atoms with Crippen LogP contribution in [0.15, 0.2) is 60.1 Å². The summed E-state index contributed by atoms with van der Waals surface area (Å²) in [5.74, 6) is 0.194. The van der Waals surface area contributed by atoms with Gasteiger partial charge in [-0.05, 0) is 60.7 Å². The van der Waals surface area contributed by atoms with Gasteiger partial charge in [0.2, 0.25) is 0 Å². The number of phenolic OH excluding ortho intramolecular Hbond substituents is 1. The Bertz CT molecular complexity index is 952. The fourth-order valence-corrected chi connectivity index (χ4v) is 4.39.